The van der Waals surface area contributed by atoms with Crippen molar-refractivity contribution in [2.45, 2.75) is 38.8 Å². The molecule has 2 aromatic rings. The molecular weight excluding hydrogens is 346 g/mol. The molecule has 1 saturated carbocycles. The quantitative estimate of drug-likeness (QED) is 0.772. The second-order valence-electron chi connectivity index (χ2n) is 7.27. The van der Waals surface area contributed by atoms with Crippen LogP contribution in [0.3, 0.4) is 0 Å². The van der Waals surface area contributed by atoms with Crippen LogP contribution in [-0.4, -0.2) is 70.6 Å². The van der Waals surface area contributed by atoms with Gasteiger partial charge in [-0.1, -0.05) is 0 Å². The minimum absolute atomic E-state index is 0.0922. The van der Waals surface area contributed by atoms with Crippen LogP contribution in [0.15, 0.2) is 6.20 Å². The average molecular weight is 373 g/mol. The number of nitrogens with one attached hydrogen (secondary N) is 1. The van der Waals surface area contributed by atoms with Gasteiger partial charge in [0.2, 0.25) is 0 Å². The average Bonchev–Trinajstić information content (AvgIpc) is 3.47. The largest absolute Gasteiger partial charge is 0.462 e. The minimum atomic E-state index is -0.373. The molecule has 1 N–H and O–H groups in total. The first-order valence-electron chi connectivity index (χ1n) is 9.67. The van der Waals surface area contributed by atoms with E-state index < -0.39 is 0 Å². The van der Waals surface area contributed by atoms with E-state index in [0.717, 1.165) is 48.2 Å². The summed E-state index contributed by atoms with van der Waals surface area (Å²) in [5, 5.41) is 8.77. The van der Waals surface area contributed by atoms with Crippen molar-refractivity contribution in [1.29, 1.82) is 0 Å². The number of rotatable bonds is 6. The molecular formula is C19H27N5O3. The Labute approximate surface area is 158 Å². The number of aryl methyl sites for hydroxylation is 2. The molecule has 0 spiro atoms. The zero-order chi connectivity index (χ0) is 19.0. The number of aromatic nitrogens is 3. The Balaban J connectivity index is 1.60. The van der Waals surface area contributed by atoms with E-state index in [4.69, 9.17) is 9.47 Å². The highest BCUT2D eigenvalue weighted by Gasteiger charge is 2.33. The molecule has 1 aliphatic carbocycles. The van der Waals surface area contributed by atoms with Crippen LogP contribution >= 0.6 is 0 Å². The van der Waals surface area contributed by atoms with Crippen LogP contribution in [0.1, 0.15) is 35.8 Å². The molecule has 4 rings (SSSR count). The maximum absolute atomic E-state index is 12.5. The molecule has 0 amide bonds. The lowest BCUT2D eigenvalue weighted by Gasteiger charge is -2.33. The van der Waals surface area contributed by atoms with E-state index in [0.29, 0.717) is 18.7 Å². The summed E-state index contributed by atoms with van der Waals surface area (Å²) >= 11 is 0. The summed E-state index contributed by atoms with van der Waals surface area (Å²) in [5.41, 5.74) is 2.75. The van der Waals surface area contributed by atoms with Crippen LogP contribution in [0.5, 0.6) is 0 Å². The van der Waals surface area contributed by atoms with Crippen LogP contribution in [0.25, 0.3) is 11.0 Å². The molecule has 8 heteroatoms. The van der Waals surface area contributed by atoms with Crippen molar-refractivity contribution in [3.05, 3.63) is 17.5 Å². The van der Waals surface area contributed by atoms with Crippen LogP contribution in [-0.2, 0) is 16.5 Å². The van der Waals surface area contributed by atoms with E-state index in [1.807, 2.05) is 14.0 Å². The van der Waals surface area contributed by atoms with Crippen molar-refractivity contribution in [3.8, 4) is 0 Å². The monoisotopic (exact) mass is 373 g/mol. The van der Waals surface area contributed by atoms with Gasteiger partial charge >= 0.3 is 5.97 Å². The number of pyridine rings is 1. The van der Waals surface area contributed by atoms with Gasteiger partial charge in [-0.25, -0.2) is 9.78 Å². The fourth-order valence-corrected chi connectivity index (χ4v) is 3.81. The Morgan fingerprint density at radius 1 is 1.44 bits per heavy atom. The maximum atomic E-state index is 12.5. The number of hydrogen-bond acceptors (Lipinski definition) is 7. The highest BCUT2D eigenvalue weighted by atomic mass is 16.5. The molecule has 1 saturated heterocycles. The normalized spacial score (nSPS) is 20.8. The second kappa shape index (κ2) is 7.44. The predicted molar refractivity (Wildman–Crippen MR) is 102 cm³/mol. The van der Waals surface area contributed by atoms with Crippen molar-refractivity contribution in [2.75, 3.05) is 38.2 Å². The smallest absolute Gasteiger partial charge is 0.341 e. The standard InChI is InChI=1S/C19H27N5O3/c1-4-26-19(25)15-10-21-18-16(12(2)22-23(18)3)17(15)20-9-14-11-24(7-8-27-14)13-5-6-13/h10,13-14H,4-9,11H2,1-3H3,(H,20,21). The van der Waals surface area contributed by atoms with E-state index in [1.54, 1.807) is 17.8 Å². The summed E-state index contributed by atoms with van der Waals surface area (Å²) in [5.74, 6) is -0.373. The Morgan fingerprint density at radius 3 is 3.00 bits per heavy atom. The third-order valence-electron chi connectivity index (χ3n) is 5.26. The summed E-state index contributed by atoms with van der Waals surface area (Å²) in [7, 11) is 1.86. The van der Waals surface area contributed by atoms with Gasteiger partial charge in [-0.05, 0) is 26.7 Å². The number of esters is 1. The fourth-order valence-electron chi connectivity index (χ4n) is 3.81. The molecule has 1 unspecified atom stereocenters. The molecule has 1 aliphatic heterocycles. The number of carbonyl (C=O) groups is 1. The number of ether oxygens (including phenoxy) is 2. The number of carbonyl (C=O) groups excluding carboxylic acids is 1. The summed E-state index contributed by atoms with van der Waals surface area (Å²) < 4.78 is 12.9. The van der Waals surface area contributed by atoms with Crippen molar-refractivity contribution in [3.63, 3.8) is 0 Å². The molecule has 8 nitrogen and oxygen atoms in total. The van der Waals surface area contributed by atoms with E-state index in [-0.39, 0.29) is 12.1 Å². The maximum Gasteiger partial charge on any atom is 0.341 e. The van der Waals surface area contributed by atoms with E-state index in [2.05, 4.69) is 20.3 Å². The van der Waals surface area contributed by atoms with Gasteiger partial charge in [0.1, 0.15) is 5.56 Å². The predicted octanol–water partition coefficient (Wildman–Crippen LogP) is 1.73. The highest BCUT2D eigenvalue weighted by molar-refractivity contribution is 6.05. The Bertz CT molecular complexity index is 845. The van der Waals surface area contributed by atoms with Crippen molar-refractivity contribution in [1.82, 2.24) is 19.7 Å². The van der Waals surface area contributed by atoms with E-state index >= 15 is 0 Å². The lowest BCUT2D eigenvalue weighted by molar-refractivity contribution is -0.0241. The van der Waals surface area contributed by atoms with Crippen LogP contribution in [0.4, 0.5) is 5.69 Å². The molecule has 0 aromatic carbocycles. The van der Waals surface area contributed by atoms with E-state index in [1.165, 1.54) is 12.8 Å². The number of anilines is 1. The molecule has 146 valence electrons. The SMILES string of the molecule is CCOC(=O)c1cnc2c(c(C)nn2C)c1NCC1CN(C2CC2)CCO1. The van der Waals surface area contributed by atoms with Crippen molar-refractivity contribution < 1.29 is 14.3 Å². The topological polar surface area (TPSA) is 81.5 Å². The first-order valence-corrected chi connectivity index (χ1v) is 9.67. The Morgan fingerprint density at radius 2 is 2.26 bits per heavy atom. The summed E-state index contributed by atoms with van der Waals surface area (Å²) in [6.07, 6.45) is 4.26. The van der Waals surface area contributed by atoms with Crippen molar-refractivity contribution in [2.24, 2.45) is 7.05 Å². The van der Waals surface area contributed by atoms with Crippen molar-refractivity contribution >= 4 is 22.7 Å². The zero-order valence-electron chi connectivity index (χ0n) is 16.2. The third kappa shape index (κ3) is 3.64. The Kier molecular flexibility index (Phi) is 5.01. The van der Waals surface area contributed by atoms with Gasteiger partial charge in [-0.3, -0.25) is 9.58 Å². The summed E-state index contributed by atoms with van der Waals surface area (Å²) in [6.45, 7) is 7.37. The van der Waals surface area contributed by atoms with Gasteiger partial charge in [0.15, 0.2) is 5.65 Å². The molecule has 0 bridgehead atoms. The van der Waals surface area contributed by atoms with E-state index in [9.17, 15) is 4.79 Å². The first kappa shape index (κ1) is 18.2. The number of nitrogens with zero attached hydrogens (tertiary/aromatic N) is 4. The molecule has 2 fully saturated rings. The highest BCUT2D eigenvalue weighted by Crippen LogP contribution is 2.30. The molecule has 2 aromatic heterocycles. The van der Waals surface area contributed by atoms with Crippen LogP contribution in [0, 0.1) is 6.92 Å². The second-order valence-corrected chi connectivity index (χ2v) is 7.27. The molecule has 3 heterocycles. The number of morpholine rings is 1. The first-order chi connectivity index (χ1) is 13.1. The zero-order valence-corrected chi connectivity index (χ0v) is 16.2. The lowest BCUT2D eigenvalue weighted by atomic mass is 10.1. The van der Waals surface area contributed by atoms with Crippen LogP contribution in [0.2, 0.25) is 0 Å². The third-order valence-corrected chi connectivity index (χ3v) is 5.26. The lowest BCUT2D eigenvalue weighted by Crippen LogP contribution is -2.46. The Hall–Kier alpha value is -2.19. The van der Waals surface area contributed by atoms with Gasteiger partial charge in [0.25, 0.3) is 0 Å². The van der Waals surface area contributed by atoms with Gasteiger partial charge in [0, 0.05) is 38.9 Å². The minimum Gasteiger partial charge on any atom is -0.462 e. The van der Waals surface area contributed by atoms with Crippen LogP contribution < -0.4 is 5.32 Å². The van der Waals surface area contributed by atoms with Gasteiger partial charge in [0.05, 0.1) is 36.1 Å². The van der Waals surface area contributed by atoms with Gasteiger partial charge in [-0.15, -0.1) is 0 Å². The number of fused-ring (bicyclic) bond motifs is 1. The molecule has 1 atom stereocenters. The molecule has 0 radical (unpaired) electrons. The fraction of sp³-hybridized carbons (Fsp3) is 0.632. The number of hydrogen-bond donors (Lipinski definition) is 1. The van der Waals surface area contributed by atoms with Gasteiger partial charge < -0.3 is 14.8 Å². The molecule has 2 aliphatic rings. The molecule has 27 heavy (non-hydrogen) atoms. The summed E-state index contributed by atoms with van der Waals surface area (Å²) in [4.78, 5) is 19.4. The summed E-state index contributed by atoms with van der Waals surface area (Å²) in [6, 6.07) is 0.736. The van der Waals surface area contributed by atoms with Gasteiger partial charge in [-0.2, -0.15) is 5.10 Å².